The van der Waals surface area contributed by atoms with Crippen LogP contribution in [-0.2, 0) is 19.5 Å². The van der Waals surface area contributed by atoms with Gasteiger partial charge in [0.2, 0.25) is 10.0 Å². The highest BCUT2D eigenvalue weighted by Crippen LogP contribution is 2.15. The second-order valence-corrected chi connectivity index (χ2v) is 4.44. The van der Waals surface area contributed by atoms with Gasteiger partial charge in [-0.15, -0.1) is 0 Å². The Morgan fingerprint density at radius 1 is 1.58 bits per heavy atom. The molecule has 5 nitrogen and oxygen atoms in total. The molecule has 6 heteroatoms. The standard InChI is InChI=1S/C6H13NO4S/c1-2-11-5-3-10-4-6(5)12(7,8)9/h5-6H,2-4H2,1H3,(H2,7,8,9). The first kappa shape index (κ1) is 9.91. The van der Waals surface area contributed by atoms with Crippen LogP contribution in [0.25, 0.3) is 0 Å². The van der Waals surface area contributed by atoms with Crippen molar-refractivity contribution in [3.63, 3.8) is 0 Å². The van der Waals surface area contributed by atoms with Crippen molar-refractivity contribution in [1.29, 1.82) is 0 Å². The monoisotopic (exact) mass is 195 g/mol. The van der Waals surface area contributed by atoms with E-state index in [1.807, 2.05) is 0 Å². The SMILES string of the molecule is CCOC1COCC1S(N)(=O)=O. The zero-order valence-electron chi connectivity index (χ0n) is 6.89. The Morgan fingerprint density at radius 2 is 2.25 bits per heavy atom. The third kappa shape index (κ3) is 2.16. The summed E-state index contributed by atoms with van der Waals surface area (Å²) in [4.78, 5) is 0. The molecule has 0 aromatic rings. The lowest BCUT2D eigenvalue weighted by Crippen LogP contribution is -2.39. The van der Waals surface area contributed by atoms with Crippen LogP contribution < -0.4 is 5.14 Å². The fourth-order valence-corrected chi connectivity index (χ4v) is 2.06. The normalized spacial score (nSPS) is 30.8. The third-order valence-electron chi connectivity index (χ3n) is 1.78. The summed E-state index contributed by atoms with van der Waals surface area (Å²) in [6.07, 6.45) is -0.398. The molecular formula is C6H13NO4S. The average Bonchev–Trinajstić information content (AvgIpc) is 2.34. The molecule has 1 aliphatic rings. The zero-order chi connectivity index (χ0) is 9.19. The second kappa shape index (κ2) is 3.69. The summed E-state index contributed by atoms with van der Waals surface area (Å²) in [5, 5.41) is 4.28. The van der Waals surface area contributed by atoms with E-state index in [0.717, 1.165) is 0 Å². The van der Waals surface area contributed by atoms with Crippen molar-refractivity contribution in [3.8, 4) is 0 Å². The second-order valence-electron chi connectivity index (χ2n) is 2.66. The molecule has 0 aromatic carbocycles. The summed E-state index contributed by atoms with van der Waals surface area (Å²) in [5.74, 6) is 0. The molecule has 1 saturated heterocycles. The van der Waals surface area contributed by atoms with Gasteiger partial charge >= 0.3 is 0 Å². The zero-order valence-corrected chi connectivity index (χ0v) is 7.71. The number of primary sulfonamides is 1. The molecule has 0 saturated carbocycles. The van der Waals surface area contributed by atoms with Crippen LogP contribution in [0.4, 0.5) is 0 Å². The molecule has 72 valence electrons. The minimum absolute atomic E-state index is 0.142. The van der Waals surface area contributed by atoms with Gasteiger partial charge < -0.3 is 9.47 Å². The van der Waals surface area contributed by atoms with Crippen molar-refractivity contribution in [1.82, 2.24) is 0 Å². The fourth-order valence-electron chi connectivity index (χ4n) is 1.19. The molecule has 12 heavy (non-hydrogen) atoms. The van der Waals surface area contributed by atoms with Crippen LogP contribution in [0, 0.1) is 0 Å². The van der Waals surface area contributed by atoms with Gasteiger partial charge in [-0.3, -0.25) is 0 Å². The van der Waals surface area contributed by atoms with Gasteiger partial charge in [0.25, 0.3) is 0 Å². The van der Waals surface area contributed by atoms with Gasteiger partial charge in [-0.1, -0.05) is 0 Å². The minimum Gasteiger partial charge on any atom is -0.377 e. The first-order valence-electron chi connectivity index (χ1n) is 3.76. The van der Waals surface area contributed by atoms with Crippen LogP contribution in [0.3, 0.4) is 0 Å². The molecule has 0 radical (unpaired) electrons. The molecule has 0 aliphatic carbocycles. The molecule has 0 spiro atoms. The number of nitrogens with two attached hydrogens (primary N) is 1. The van der Waals surface area contributed by atoms with Gasteiger partial charge in [-0.2, -0.15) is 0 Å². The maximum Gasteiger partial charge on any atom is 0.216 e. The molecular weight excluding hydrogens is 182 g/mol. The van der Waals surface area contributed by atoms with E-state index in [-0.39, 0.29) is 6.61 Å². The van der Waals surface area contributed by atoms with E-state index in [0.29, 0.717) is 13.2 Å². The largest absolute Gasteiger partial charge is 0.377 e. The van der Waals surface area contributed by atoms with E-state index in [1.54, 1.807) is 6.92 Å². The Labute approximate surface area is 71.9 Å². The number of ether oxygens (including phenoxy) is 2. The maximum atomic E-state index is 10.9. The van der Waals surface area contributed by atoms with E-state index >= 15 is 0 Å². The summed E-state index contributed by atoms with van der Waals surface area (Å²) in [6.45, 7) is 2.73. The molecule has 1 aliphatic heterocycles. The van der Waals surface area contributed by atoms with Crippen molar-refractivity contribution in [2.45, 2.75) is 18.3 Å². The molecule has 0 aromatic heterocycles. The Balaban J connectivity index is 2.64. The summed E-state index contributed by atoms with van der Waals surface area (Å²) >= 11 is 0. The smallest absolute Gasteiger partial charge is 0.216 e. The predicted octanol–water partition coefficient (Wildman–Crippen LogP) is -0.921. The summed E-state index contributed by atoms with van der Waals surface area (Å²) in [7, 11) is -3.52. The van der Waals surface area contributed by atoms with Crippen LogP contribution in [-0.4, -0.2) is 39.6 Å². The molecule has 1 heterocycles. The van der Waals surface area contributed by atoms with E-state index in [1.165, 1.54) is 0 Å². The topological polar surface area (TPSA) is 78.6 Å². The molecule has 2 unspecified atom stereocenters. The van der Waals surface area contributed by atoms with Crippen LogP contribution in [0.15, 0.2) is 0 Å². The Hall–Kier alpha value is -0.170. The van der Waals surface area contributed by atoms with Gasteiger partial charge in [0, 0.05) is 6.61 Å². The van der Waals surface area contributed by atoms with Gasteiger partial charge in [-0.25, -0.2) is 13.6 Å². The molecule has 0 bridgehead atoms. The van der Waals surface area contributed by atoms with Crippen molar-refractivity contribution in [2.24, 2.45) is 5.14 Å². The van der Waals surface area contributed by atoms with Crippen LogP contribution in [0.5, 0.6) is 0 Å². The van der Waals surface area contributed by atoms with Crippen LogP contribution >= 0.6 is 0 Å². The quantitative estimate of drug-likeness (QED) is 0.631. The number of rotatable bonds is 3. The van der Waals surface area contributed by atoms with Gasteiger partial charge in [-0.05, 0) is 6.92 Å². The van der Waals surface area contributed by atoms with Gasteiger partial charge in [0.05, 0.1) is 13.2 Å². The lowest BCUT2D eigenvalue weighted by Gasteiger charge is -2.14. The van der Waals surface area contributed by atoms with E-state index in [4.69, 9.17) is 14.6 Å². The fraction of sp³-hybridized carbons (Fsp3) is 1.00. The van der Waals surface area contributed by atoms with Crippen LogP contribution in [0.1, 0.15) is 6.92 Å². The Bertz CT molecular complexity index is 238. The highest BCUT2D eigenvalue weighted by molar-refractivity contribution is 7.89. The van der Waals surface area contributed by atoms with E-state index in [9.17, 15) is 8.42 Å². The summed E-state index contributed by atoms with van der Waals surface area (Å²) in [6, 6.07) is 0. The van der Waals surface area contributed by atoms with Gasteiger partial charge in [0.15, 0.2) is 0 Å². The number of sulfonamides is 1. The highest BCUT2D eigenvalue weighted by Gasteiger charge is 2.36. The molecule has 2 N–H and O–H groups in total. The average molecular weight is 195 g/mol. The van der Waals surface area contributed by atoms with Crippen molar-refractivity contribution in [3.05, 3.63) is 0 Å². The van der Waals surface area contributed by atoms with E-state index < -0.39 is 21.4 Å². The first-order valence-corrected chi connectivity index (χ1v) is 5.37. The van der Waals surface area contributed by atoms with Crippen molar-refractivity contribution >= 4 is 10.0 Å². The van der Waals surface area contributed by atoms with Crippen molar-refractivity contribution in [2.75, 3.05) is 19.8 Å². The third-order valence-corrected chi connectivity index (χ3v) is 3.07. The molecule has 1 rings (SSSR count). The summed E-state index contributed by atoms with van der Waals surface area (Å²) < 4.78 is 32.0. The lowest BCUT2D eigenvalue weighted by molar-refractivity contribution is 0.0518. The predicted molar refractivity (Wildman–Crippen MR) is 43.1 cm³/mol. The highest BCUT2D eigenvalue weighted by atomic mass is 32.2. The number of hydrogen-bond donors (Lipinski definition) is 1. The van der Waals surface area contributed by atoms with Crippen LogP contribution in [0.2, 0.25) is 0 Å². The Kier molecular flexibility index (Phi) is 3.05. The Morgan fingerprint density at radius 3 is 2.75 bits per heavy atom. The first-order chi connectivity index (χ1) is 5.55. The maximum absolute atomic E-state index is 10.9. The van der Waals surface area contributed by atoms with Crippen molar-refractivity contribution < 1.29 is 17.9 Å². The number of hydrogen-bond acceptors (Lipinski definition) is 4. The molecule has 2 atom stereocenters. The molecule has 1 fully saturated rings. The lowest BCUT2D eigenvalue weighted by atomic mass is 10.3. The van der Waals surface area contributed by atoms with Gasteiger partial charge in [0.1, 0.15) is 11.4 Å². The molecule has 0 amide bonds. The summed E-state index contributed by atoms with van der Waals surface area (Å²) in [5.41, 5.74) is 0. The van der Waals surface area contributed by atoms with E-state index in [2.05, 4.69) is 0 Å². The minimum atomic E-state index is -3.52.